The van der Waals surface area contributed by atoms with Crippen molar-refractivity contribution in [2.24, 2.45) is 5.92 Å². The topological polar surface area (TPSA) is 12.9 Å². The van der Waals surface area contributed by atoms with E-state index in [2.05, 4.69) is 49.2 Å². The Labute approximate surface area is 168 Å². The zero-order valence-corrected chi connectivity index (χ0v) is 17.4. The van der Waals surface area contributed by atoms with Gasteiger partial charge in [0.25, 0.3) is 0 Å². The molecule has 0 saturated carbocycles. The molecule has 2 heteroatoms. The highest BCUT2D eigenvalue weighted by Crippen LogP contribution is 2.41. The van der Waals surface area contributed by atoms with Gasteiger partial charge in [-0.05, 0) is 65.6 Å². The Morgan fingerprint density at radius 3 is 2.25 bits per heavy atom. The fraction of sp³-hybridized carbons (Fsp3) is 0.346. The number of rotatable bonds is 7. The maximum Gasteiger partial charge on any atom is 0.136 e. The number of benzene rings is 2. The number of hydrogen-bond donors (Lipinski definition) is 0. The lowest BCUT2D eigenvalue weighted by atomic mass is 9.84. The Bertz CT molecular complexity index is 911. The largest absolute Gasteiger partial charge is 0.256 e. The van der Waals surface area contributed by atoms with Crippen LogP contribution in [0.4, 0.5) is 4.39 Å². The number of nitrogens with zero attached hydrogens (tertiary/aromatic N) is 1. The lowest BCUT2D eigenvalue weighted by Crippen LogP contribution is -2.19. The Morgan fingerprint density at radius 2 is 1.61 bits per heavy atom. The first-order valence-electron chi connectivity index (χ1n) is 10.3. The second-order valence-corrected chi connectivity index (χ2v) is 7.95. The molecular weight excluding hydrogens is 345 g/mol. The van der Waals surface area contributed by atoms with Gasteiger partial charge < -0.3 is 0 Å². The van der Waals surface area contributed by atoms with Gasteiger partial charge in [0.05, 0.1) is 5.69 Å². The first-order chi connectivity index (χ1) is 13.5. The molecule has 0 unspecified atom stereocenters. The van der Waals surface area contributed by atoms with Crippen molar-refractivity contribution >= 4 is 0 Å². The smallest absolute Gasteiger partial charge is 0.136 e. The summed E-state index contributed by atoms with van der Waals surface area (Å²) in [6.45, 7) is 8.26. The molecule has 0 atom stereocenters. The highest BCUT2D eigenvalue weighted by molar-refractivity contribution is 5.75. The first-order valence-corrected chi connectivity index (χ1v) is 10.3. The maximum atomic E-state index is 15.7. The molecule has 1 heterocycles. The molecule has 0 radical (unpaired) electrons. The summed E-state index contributed by atoms with van der Waals surface area (Å²) in [5.74, 6) is 0.567. The minimum absolute atomic E-state index is 0.451. The Hall–Kier alpha value is -2.48. The summed E-state index contributed by atoms with van der Waals surface area (Å²) in [4.78, 5) is 4.63. The van der Waals surface area contributed by atoms with E-state index in [4.69, 9.17) is 0 Å². The zero-order chi connectivity index (χ0) is 20.1. The highest BCUT2D eigenvalue weighted by atomic mass is 19.1. The Kier molecular flexibility index (Phi) is 6.28. The third-order valence-electron chi connectivity index (χ3n) is 5.47. The van der Waals surface area contributed by atoms with Gasteiger partial charge in [-0.3, -0.25) is 4.98 Å². The van der Waals surface area contributed by atoms with E-state index in [0.717, 1.165) is 34.4 Å². The van der Waals surface area contributed by atoms with Crippen LogP contribution in [0, 0.1) is 5.92 Å². The molecule has 1 aromatic heterocycles. The van der Waals surface area contributed by atoms with Crippen molar-refractivity contribution in [3.05, 3.63) is 78.0 Å². The van der Waals surface area contributed by atoms with E-state index in [9.17, 15) is 0 Å². The fourth-order valence-electron chi connectivity index (χ4n) is 3.81. The lowest BCUT2D eigenvalue weighted by Gasteiger charge is -2.26. The highest BCUT2D eigenvalue weighted by Gasteiger charge is 2.31. The van der Waals surface area contributed by atoms with Gasteiger partial charge in [0.1, 0.15) is 5.67 Å². The standard InChI is InChI=1S/C26H30FN/c1-5-26(27,6-2)24-13-12-22(21-10-8-7-9-11-21)18-23(24)25-17-20(14-15-28-25)16-19(3)4/h7-15,17-19H,5-6,16H2,1-4H3. The number of pyridine rings is 1. The molecule has 3 aromatic rings. The van der Waals surface area contributed by atoms with Crippen molar-refractivity contribution in [3.8, 4) is 22.4 Å². The first kappa shape index (κ1) is 20.3. The van der Waals surface area contributed by atoms with E-state index in [0.29, 0.717) is 18.8 Å². The van der Waals surface area contributed by atoms with Crippen molar-refractivity contribution in [2.75, 3.05) is 0 Å². The third-order valence-corrected chi connectivity index (χ3v) is 5.47. The molecule has 1 nitrogen and oxygen atoms in total. The number of halogens is 1. The van der Waals surface area contributed by atoms with Gasteiger partial charge in [-0.2, -0.15) is 0 Å². The molecule has 0 N–H and O–H groups in total. The second-order valence-electron chi connectivity index (χ2n) is 7.95. The van der Waals surface area contributed by atoms with Crippen molar-refractivity contribution in [1.82, 2.24) is 4.98 Å². The fourth-order valence-corrected chi connectivity index (χ4v) is 3.81. The molecule has 0 fully saturated rings. The molecule has 0 saturated heterocycles. The van der Waals surface area contributed by atoms with Gasteiger partial charge in [0.2, 0.25) is 0 Å². The van der Waals surface area contributed by atoms with Gasteiger partial charge in [-0.15, -0.1) is 0 Å². The van der Waals surface area contributed by atoms with Crippen molar-refractivity contribution in [3.63, 3.8) is 0 Å². The predicted molar refractivity (Wildman–Crippen MR) is 117 cm³/mol. The van der Waals surface area contributed by atoms with Crippen molar-refractivity contribution in [2.45, 2.75) is 52.6 Å². The summed E-state index contributed by atoms with van der Waals surface area (Å²) in [5.41, 5.74) is 4.62. The number of alkyl halides is 1. The summed E-state index contributed by atoms with van der Waals surface area (Å²) >= 11 is 0. The number of hydrogen-bond acceptors (Lipinski definition) is 1. The van der Waals surface area contributed by atoms with Gasteiger partial charge in [0.15, 0.2) is 0 Å². The van der Waals surface area contributed by atoms with E-state index >= 15 is 4.39 Å². The van der Waals surface area contributed by atoms with Crippen LogP contribution in [-0.2, 0) is 12.1 Å². The Balaban J connectivity index is 2.18. The molecular formula is C26H30FN. The molecule has 0 amide bonds. The van der Waals surface area contributed by atoms with Crippen LogP contribution in [0.15, 0.2) is 66.9 Å². The summed E-state index contributed by atoms with van der Waals surface area (Å²) < 4.78 is 15.7. The second kappa shape index (κ2) is 8.68. The van der Waals surface area contributed by atoms with Crippen LogP contribution in [0.1, 0.15) is 51.7 Å². The van der Waals surface area contributed by atoms with E-state index in [-0.39, 0.29) is 0 Å². The molecule has 3 rings (SSSR count). The van der Waals surface area contributed by atoms with Crippen LogP contribution in [0.3, 0.4) is 0 Å². The van der Waals surface area contributed by atoms with E-state index < -0.39 is 5.67 Å². The van der Waals surface area contributed by atoms with Crippen LogP contribution in [0.2, 0.25) is 0 Å². The van der Waals surface area contributed by atoms with Crippen LogP contribution in [-0.4, -0.2) is 4.98 Å². The summed E-state index contributed by atoms with van der Waals surface area (Å²) in [6.07, 6.45) is 3.75. The van der Waals surface area contributed by atoms with Crippen LogP contribution in [0.5, 0.6) is 0 Å². The molecule has 0 spiro atoms. The monoisotopic (exact) mass is 375 g/mol. The van der Waals surface area contributed by atoms with Crippen LogP contribution >= 0.6 is 0 Å². The molecule has 0 aliphatic rings. The molecule has 0 bridgehead atoms. The third kappa shape index (κ3) is 4.32. The summed E-state index contributed by atoms with van der Waals surface area (Å²) in [7, 11) is 0. The molecule has 28 heavy (non-hydrogen) atoms. The SMILES string of the molecule is CCC(F)(CC)c1ccc(-c2ccccc2)cc1-c1cc(CC(C)C)ccn1. The van der Waals surface area contributed by atoms with Gasteiger partial charge in [0, 0.05) is 11.8 Å². The molecule has 0 aliphatic heterocycles. The minimum atomic E-state index is -1.35. The minimum Gasteiger partial charge on any atom is -0.256 e. The maximum absolute atomic E-state index is 15.7. The van der Waals surface area contributed by atoms with Crippen LogP contribution < -0.4 is 0 Å². The summed E-state index contributed by atoms with van der Waals surface area (Å²) in [5, 5.41) is 0. The predicted octanol–water partition coefficient (Wildman–Crippen LogP) is 7.60. The van der Waals surface area contributed by atoms with Gasteiger partial charge >= 0.3 is 0 Å². The molecule has 2 aromatic carbocycles. The normalized spacial score (nSPS) is 11.8. The van der Waals surface area contributed by atoms with Crippen molar-refractivity contribution < 1.29 is 4.39 Å². The zero-order valence-electron chi connectivity index (χ0n) is 17.4. The Morgan fingerprint density at radius 1 is 0.893 bits per heavy atom. The van der Waals surface area contributed by atoms with E-state index in [1.807, 2.05) is 50.4 Å². The van der Waals surface area contributed by atoms with E-state index in [1.165, 1.54) is 5.56 Å². The van der Waals surface area contributed by atoms with Crippen LogP contribution in [0.25, 0.3) is 22.4 Å². The van der Waals surface area contributed by atoms with E-state index in [1.54, 1.807) is 0 Å². The average molecular weight is 376 g/mol. The van der Waals surface area contributed by atoms with Gasteiger partial charge in [-0.1, -0.05) is 70.2 Å². The number of aromatic nitrogens is 1. The molecule has 146 valence electrons. The summed E-state index contributed by atoms with van der Waals surface area (Å²) in [6, 6.07) is 20.5. The lowest BCUT2D eigenvalue weighted by molar-refractivity contribution is 0.152. The average Bonchev–Trinajstić information content (AvgIpc) is 2.73. The molecule has 0 aliphatic carbocycles. The van der Waals surface area contributed by atoms with Gasteiger partial charge in [-0.25, -0.2) is 4.39 Å². The quantitative estimate of drug-likeness (QED) is 0.414. The van der Waals surface area contributed by atoms with Crippen molar-refractivity contribution in [1.29, 1.82) is 0 Å².